The Labute approximate surface area is 109 Å². The van der Waals surface area contributed by atoms with Crippen LogP contribution in [0.1, 0.15) is 19.3 Å². The van der Waals surface area contributed by atoms with Crippen LogP contribution in [0, 0.1) is 5.92 Å². The van der Waals surface area contributed by atoms with Crippen LogP contribution in [0.5, 0.6) is 5.75 Å². The van der Waals surface area contributed by atoms with E-state index in [2.05, 4.69) is 10.1 Å². The number of carbonyl (C=O) groups is 1. The number of hydrogen-bond donors (Lipinski definition) is 2. The first-order chi connectivity index (χ1) is 9.06. The van der Waals surface area contributed by atoms with Gasteiger partial charge in [0.1, 0.15) is 5.75 Å². The van der Waals surface area contributed by atoms with Crippen molar-refractivity contribution in [2.45, 2.75) is 31.9 Å². The summed E-state index contributed by atoms with van der Waals surface area (Å²) < 4.78 is 28.4. The third-order valence-corrected chi connectivity index (χ3v) is 3.23. The number of carbonyl (C=O) groups excluding carboxylic acids is 1. The molecular weight excluding hydrogens is 254 g/mol. The number of alkyl halides is 2. The number of nitrogens with one attached hydrogen (secondary N) is 1. The molecule has 4 nitrogen and oxygen atoms in total. The lowest BCUT2D eigenvalue weighted by molar-refractivity contribution is -0.120. The van der Waals surface area contributed by atoms with Gasteiger partial charge in [-0.1, -0.05) is 12.5 Å². The summed E-state index contributed by atoms with van der Waals surface area (Å²) in [7, 11) is 0. The van der Waals surface area contributed by atoms with Gasteiger partial charge in [0.15, 0.2) is 0 Å². The van der Waals surface area contributed by atoms with Gasteiger partial charge in [0.25, 0.3) is 0 Å². The van der Waals surface area contributed by atoms with E-state index in [1.165, 1.54) is 12.1 Å². The van der Waals surface area contributed by atoms with Crippen molar-refractivity contribution in [1.29, 1.82) is 0 Å². The zero-order valence-electron chi connectivity index (χ0n) is 10.3. The smallest absolute Gasteiger partial charge is 0.387 e. The molecule has 1 aliphatic rings. The predicted molar refractivity (Wildman–Crippen MR) is 67.0 cm³/mol. The summed E-state index contributed by atoms with van der Waals surface area (Å²) in [6.07, 6.45) is 2.54. The molecule has 0 aliphatic heterocycles. The molecule has 1 saturated carbocycles. The van der Waals surface area contributed by atoms with E-state index < -0.39 is 6.61 Å². The van der Waals surface area contributed by atoms with Crippen LogP contribution in [0.15, 0.2) is 24.3 Å². The number of halogens is 2. The lowest BCUT2D eigenvalue weighted by Crippen LogP contribution is -2.34. The van der Waals surface area contributed by atoms with Gasteiger partial charge >= 0.3 is 6.61 Å². The van der Waals surface area contributed by atoms with Crippen molar-refractivity contribution in [2.24, 2.45) is 11.7 Å². The SMILES string of the molecule is NC1CCCC1C(=O)Nc1cccc(OC(F)F)c1. The van der Waals surface area contributed by atoms with Crippen LogP contribution in [-0.4, -0.2) is 18.6 Å². The first-order valence-electron chi connectivity index (χ1n) is 6.17. The fourth-order valence-corrected chi connectivity index (χ4v) is 2.30. The molecule has 2 rings (SSSR count). The van der Waals surface area contributed by atoms with Gasteiger partial charge < -0.3 is 15.8 Å². The molecular formula is C13H16F2N2O2. The summed E-state index contributed by atoms with van der Waals surface area (Å²) in [6, 6.07) is 5.81. The fraction of sp³-hybridized carbons (Fsp3) is 0.462. The normalized spacial score (nSPS) is 22.5. The van der Waals surface area contributed by atoms with Crippen LogP contribution in [0.4, 0.5) is 14.5 Å². The molecule has 104 valence electrons. The first-order valence-corrected chi connectivity index (χ1v) is 6.17. The topological polar surface area (TPSA) is 64.4 Å². The fourth-order valence-electron chi connectivity index (χ4n) is 2.30. The van der Waals surface area contributed by atoms with Gasteiger partial charge in [-0.05, 0) is 25.0 Å². The summed E-state index contributed by atoms with van der Waals surface area (Å²) in [6.45, 7) is -2.88. The number of hydrogen-bond acceptors (Lipinski definition) is 3. The van der Waals surface area contributed by atoms with Crippen molar-refractivity contribution in [2.75, 3.05) is 5.32 Å². The molecule has 1 aromatic carbocycles. The third-order valence-electron chi connectivity index (χ3n) is 3.23. The maximum atomic E-state index is 12.1. The molecule has 0 heterocycles. The van der Waals surface area contributed by atoms with Crippen molar-refractivity contribution in [3.63, 3.8) is 0 Å². The number of ether oxygens (including phenoxy) is 1. The van der Waals surface area contributed by atoms with Gasteiger partial charge in [-0.2, -0.15) is 8.78 Å². The molecule has 0 bridgehead atoms. The molecule has 0 aromatic heterocycles. The molecule has 6 heteroatoms. The van der Waals surface area contributed by atoms with E-state index in [0.717, 1.165) is 19.3 Å². The van der Waals surface area contributed by atoms with Crippen molar-refractivity contribution >= 4 is 11.6 Å². The lowest BCUT2D eigenvalue weighted by Gasteiger charge is -2.15. The van der Waals surface area contributed by atoms with Crippen LogP contribution >= 0.6 is 0 Å². The Kier molecular flexibility index (Phi) is 4.31. The molecule has 2 atom stereocenters. The van der Waals surface area contributed by atoms with Gasteiger partial charge in [-0.3, -0.25) is 4.79 Å². The van der Waals surface area contributed by atoms with E-state index in [1.807, 2.05) is 0 Å². The molecule has 0 saturated heterocycles. The van der Waals surface area contributed by atoms with E-state index in [9.17, 15) is 13.6 Å². The zero-order valence-corrected chi connectivity index (χ0v) is 10.3. The van der Waals surface area contributed by atoms with Crippen molar-refractivity contribution < 1.29 is 18.3 Å². The highest BCUT2D eigenvalue weighted by Gasteiger charge is 2.30. The van der Waals surface area contributed by atoms with Crippen LogP contribution < -0.4 is 15.8 Å². The second-order valence-corrected chi connectivity index (χ2v) is 4.60. The third kappa shape index (κ3) is 3.64. The number of rotatable bonds is 4. The van der Waals surface area contributed by atoms with Crippen LogP contribution in [0.25, 0.3) is 0 Å². The summed E-state index contributed by atoms with van der Waals surface area (Å²) in [5, 5.41) is 2.68. The van der Waals surface area contributed by atoms with Crippen LogP contribution in [0.3, 0.4) is 0 Å². The van der Waals surface area contributed by atoms with E-state index >= 15 is 0 Å². The number of benzene rings is 1. The Bertz CT molecular complexity index is 454. The van der Waals surface area contributed by atoms with Crippen molar-refractivity contribution in [3.05, 3.63) is 24.3 Å². The maximum absolute atomic E-state index is 12.1. The molecule has 0 spiro atoms. The summed E-state index contributed by atoms with van der Waals surface area (Å²) in [5.74, 6) is -0.359. The number of amides is 1. The predicted octanol–water partition coefficient (Wildman–Crippen LogP) is 2.35. The van der Waals surface area contributed by atoms with Crippen molar-refractivity contribution in [1.82, 2.24) is 0 Å². The standard InChI is InChI=1S/C13H16F2N2O2/c14-13(15)19-9-4-1-3-8(7-9)17-12(18)10-5-2-6-11(10)16/h1,3-4,7,10-11,13H,2,5-6,16H2,(H,17,18). The summed E-state index contributed by atoms with van der Waals surface area (Å²) in [5.41, 5.74) is 6.28. The lowest BCUT2D eigenvalue weighted by atomic mass is 10.0. The minimum atomic E-state index is -2.88. The molecule has 1 aromatic rings. The van der Waals surface area contributed by atoms with Crippen LogP contribution in [-0.2, 0) is 4.79 Å². The molecule has 1 aliphatic carbocycles. The van der Waals surface area contributed by atoms with E-state index in [0.29, 0.717) is 5.69 Å². The highest BCUT2D eigenvalue weighted by molar-refractivity contribution is 5.93. The monoisotopic (exact) mass is 270 g/mol. The van der Waals surface area contributed by atoms with Gasteiger partial charge in [0.2, 0.25) is 5.91 Å². The Morgan fingerprint density at radius 1 is 1.42 bits per heavy atom. The molecule has 2 unspecified atom stereocenters. The van der Waals surface area contributed by atoms with E-state index in [4.69, 9.17) is 5.73 Å². The Morgan fingerprint density at radius 3 is 2.84 bits per heavy atom. The van der Waals surface area contributed by atoms with Gasteiger partial charge in [0.05, 0.1) is 5.92 Å². The highest BCUT2D eigenvalue weighted by atomic mass is 19.3. The van der Waals surface area contributed by atoms with Crippen LogP contribution in [0.2, 0.25) is 0 Å². The van der Waals surface area contributed by atoms with Crippen molar-refractivity contribution in [3.8, 4) is 5.75 Å². The minimum absolute atomic E-state index is 0.0171. The average molecular weight is 270 g/mol. The van der Waals surface area contributed by atoms with Gasteiger partial charge in [-0.25, -0.2) is 0 Å². The largest absolute Gasteiger partial charge is 0.435 e. The summed E-state index contributed by atoms with van der Waals surface area (Å²) >= 11 is 0. The minimum Gasteiger partial charge on any atom is -0.435 e. The Balaban J connectivity index is 2.00. The quantitative estimate of drug-likeness (QED) is 0.882. The average Bonchev–Trinajstić information content (AvgIpc) is 2.75. The molecule has 1 fully saturated rings. The Hall–Kier alpha value is -1.69. The second kappa shape index (κ2) is 5.97. The number of nitrogens with two attached hydrogens (primary N) is 1. The second-order valence-electron chi connectivity index (χ2n) is 4.60. The molecule has 3 N–H and O–H groups in total. The van der Waals surface area contributed by atoms with E-state index in [1.54, 1.807) is 12.1 Å². The maximum Gasteiger partial charge on any atom is 0.387 e. The molecule has 0 radical (unpaired) electrons. The zero-order chi connectivity index (χ0) is 13.8. The highest BCUT2D eigenvalue weighted by Crippen LogP contribution is 2.26. The van der Waals surface area contributed by atoms with Gasteiger partial charge in [0, 0.05) is 17.8 Å². The van der Waals surface area contributed by atoms with Gasteiger partial charge in [-0.15, -0.1) is 0 Å². The molecule has 19 heavy (non-hydrogen) atoms. The summed E-state index contributed by atoms with van der Waals surface area (Å²) in [4.78, 5) is 12.0. The first kappa shape index (κ1) is 13.7. The molecule has 1 amide bonds. The van der Waals surface area contributed by atoms with E-state index in [-0.39, 0.29) is 23.6 Å². The Morgan fingerprint density at radius 2 is 2.21 bits per heavy atom. The number of anilines is 1.